The van der Waals surface area contributed by atoms with Crippen molar-refractivity contribution in [3.05, 3.63) is 24.3 Å². The molecule has 0 aromatic rings. The van der Waals surface area contributed by atoms with Gasteiger partial charge in [-0.3, -0.25) is 9.59 Å². The molecule has 0 aromatic heterocycles. The summed E-state index contributed by atoms with van der Waals surface area (Å²) in [5.41, 5.74) is 5.48. The van der Waals surface area contributed by atoms with Crippen molar-refractivity contribution in [2.75, 3.05) is 6.54 Å². The minimum Gasteiger partial charge on any atom is -0.480 e. The highest BCUT2D eigenvalue weighted by molar-refractivity contribution is 5.83. The molecule has 7 nitrogen and oxygen atoms in total. The first-order valence-electron chi connectivity index (χ1n) is 23.2. The maximum Gasteiger partial charge on any atom is 0.326 e. The molecule has 2 atom stereocenters. The van der Waals surface area contributed by atoms with Crippen LogP contribution < -0.4 is 11.1 Å². The zero-order chi connectivity index (χ0) is 39.6. The summed E-state index contributed by atoms with van der Waals surface area (Å²) in [6.07, 6.45) is 48.2. The lowest BCUT2D eigenvalue weighted by Gasteiger charge is -2.15. The van der Waals surface area contributed by atoms with E-state index in [0.29, 0.717) is 32.2 Å². The predicted molar refractivity (Wildman–Crippen MR) is 230 cm³/mol. The lowest BCUT2D eigenvalue weighted by molar-refractivity contribution is -0.147. The van der Waals surface area contributed by atoms with Crippen molar-refractivity contribution in [3.8, 4) is 0 Å². The molecule has 0 spiro atoms. The van der Waals surface area contributed by atoms with Crippen molar-refractivity contribution in [2.24, 2.45) is 5.73 Å². The highest BCUT2D eigenvalue weighted by atomic mass is 16.5. The van der Waals surface area contributed by atoms with Crippen LogP contribution in [-0.2, 0) is 19.1 Å². The van der Waals surface area contributed by atoms with Crippen LogP contribution in [0.3, 0.4) is 0 Å². The molecule has 0 bridgehead atoms. The molecule has 316 valence electrons. The van der Waals surface area contributed by atoms with E-state index in [1.807, 2.05) is 0 Å². The van der Waals surface area contributed by atoms with Gasteiger partial charge in [0.25, 0.3) is 0 Å². The van der Waals surface area contributed by atoms with E-state index in [2.05, 4.69) is 43.5 Å². The minimum atomic E-state index is -1.00. The molecule has 0 saturated carbocycles. The van der Waals surface area contributed by atoms with Crippen molar-refractivity contribution in [3.63, 3.8) is 0 Å². The SMILES string of the molecule is CCCCCC/C=C\C/C=C\C(CCCCCCCCC(=O)NC(CCCN)C(=O)O)OC(=O)CCCCCCCCCCCCCCCCCCCC. The number of nitrogens with two attached hydrogens (primary N) is 1. The third kappa shape index (κ3) is 38.1. The number of carboxylic acids is 1. The molecule has 0 fully saturated rings. The molecule has 4 N–H and O–H groups in total. The van der Waals surface area contributed by atoms with E-state index in [4.69, 9.17) is 10.5 Å². The number of carbonyl (C=O) groups excluding carboxylic acids is 2. The summed E-state index contributed by atoms with van der Waals surface area (Å²) < 4.78 is 5.96. The van der Waals surface area contributed by atoms with Crippen molar-refractivity contribution in [2.45, 2.75) is 251 Å². The van der Waals surface area contributed by atoms with Crippen molar-refractivity contribution in [1.82, 2.24) is 5.32 Å². The van der Waals surface area contributed by atoms with E-state index in [1.54, 1.807) is 0 Å². The molecule has 2 unspecified atom stereocenters. The molecule has 0 aliphatic heterocycles. The van der Waals surface area contributed by atoms with Crippen LogP contribution in [0.15, 0.2) is 24.3 Å². The number of nitrogens with one attached hydrogen (secondary N) is 1. The van der Waals surface area contributed by atoms with Crippen LogP contribution in [0.1, 0.15) is 239 Å². The van der Waals surface area contributed by atoms with Gasteiger partial charge in [-0.15, -0.1) is 0 Å². The molecular weight excluding hydrogens is 673 g/mol. The van der Waals surface area contributed by atoms with Crippen LogP contribution in [0.2, 0.25) is 0 Å². The fourth-order valence-corrected chi connectivity index (χ4v) is 6.99. The molecule has 0 heterocycles. The molecule has 0 aliphatic carbocycles. The number of carbonyl (C=O) groups is 3. The molecule has 0 aromatic carbocycles. The summed E-state index contributed by atoms with van der Waals surface area (Å²) in [5, 5.41) is 11.9. The van der Waals surface area contributed by atoms with Crippen LogP contribution in [0.5, 0.6) is 0 Å². The summed E-state index contributed by atoms with van der Waals surface area (Å²) in [4.78, 5) is 36.3. The summed E-state index contributed by atoms with van der Waals surface area (Å²) in [7, 11) is 0. The second-order valence-corrected chi connectivity index (χ2v) is 15.8. The average Bonchev–Trinajstić information content (AvgIpc) is 3.16. The zero-order valence-corrected chi connectivity index (χ0v) is 35.6. The van der Waals surface area contributed by atoms with Gasteiger partial charge in [-0.2, -0.15) is 0 Å². The van der Waals surface area contributed by atoms with E-state index in [0.717, 1.165) is 70.6 Å². The molecule has 0 radical (unpaired) electrons. The number of rotatable bonds is 42. The molecule has 7 heteroatoms. The normalized spacial score (nSPS) is 12.8. The summed E-state index contributed by atoms with van der Waals surface area (Å²) in [6.45, 7) is 4.94. The average molecular weight is 761 g/mol. The molecule has 54 heavy (non-hydrogen) atoms. The fourth-order valence-electron chi connectivity index (χ4n) is 6.99. The van der Waals surface area contributed by atoms with Gasteiger partial charge >= 0.3 is 11.9 Å². The second-order valence-electron chi connectivity index (χ2n) is 15.8. The number of hydrogen-bond donors (Lipinski definition) is 3. The smallest absolute Gasteiger partial charge is 0.326 e. The van der Waals surface area contributed by atoms with Gasteiger partial charge in [-0.25, -0.2) is 4.79 Å². The highest BCUT2D eigenvalue weighted by Crippen LogP contribution is 2.17. The monoisotopic (exact) mass is 761 g/mol. The second kappa shape index (κ2) is 42.0. The Kier molecular flexibility index (Phi) is 40.3. The minimum absolute atomic E-state index is 0.0703. The standard InChI is InChI=1S/C47H88N2O5/c1-3-5-7-9-11-13-14-15-16-17-18-19-20-21-23-25-31-35-41-46(51)54-43(37-32-28-24-22-12-10-8-6-4-2)38-33-29-26-27-30-34-40-45(50)49-44(47(52)53)39-36-42-48/h22,24,32,37,43-44H,3-21,23,25-31,33-36,38-42,48H2,1-2H3,(H,49,50)(H,52,53)/b24-22-,37-32-. The quantitative estimate of drug-likeness (QED) is 0.0324. The van der Waals surface area contributed by atoms with Gasteiger partial charge in [0.05, 0.1) is 0 Å². The number of allylic oxidation sites excluding steroid dienone is 3. The Balaban J connectivity index is 4.21. The molecule has 0 aliphatic rings. The first-order chi connectivity index (χ1) is 26.4. The van der Waals surface area contributed by atoms with E-state index in [9.17, 15) is 19.5 Å². The predicted octanol–water partition coefficient (Wildman–Crippen LogP) is 13.2. The van der Waals surface area contributed by atoms with E-state index in [-0.39, 0.29) is 18.0 Å². The van der Waals surface area contributed by atoms with Crippen LogP contribution >= 0.6 is 0 Å². The first kappa shape index (κ1) is 51.9. The van der Waals surface area contributed by atoms with Crippen LogP contribution in [0.4, 0.5) is 0 Å². The lowest BCUT2D eigenvalue weighted by atomic mass is 10.0. The van der Waals surface area contributed by atoms with Crippen molar-refractivity contribution < 1.29 is 24.2 Å². The Bertz CT molecular complexity index is 905. The molecular formula is C47H88N2O5. The van der Waals surface area contributed by atoms with Gasteiger partial charge < -0.3 is 20.9 Å². The fraction of sp³-hybridized carbons (Fsp3) is 0.851. The Hall–Kier alpha value is -2.15. The molecule has 0 saturated heterocycles. The number of carboxylic acid groups (broad SMARTS) is 1. The summed E-state index contributed by atoms with van der Waals surface area (Å²) in [6, 6.07) is -0.854. The number of esters is 1. The van der Waals surface area contributed by atoms with Crippen LogP contribution in [0.25, 0.3) is 0 Å². The topological polar surface area (TPSA) is 119 Å². The van der Waals surface area contributed by atoms with Crippen molar-refractivity contribution in [1.29, 1.82) is 0 Å². The Morgan fingerprint density at radius 1 is 0.556 bits per heavy atom. The third-order valence-corrected chi connectivity index (χ3v) is 10.5. The number of aliphatic carboxylic acids is 1. The lowest BCUT2D eigenvalue weighted by Crippen LogP contribution is -2.40. The third-order valence-electron chi connectivity index (χ3n) is 10.5. The number of amides is 1. The molecule has 0 rings (SSSR count). The zero-order valence-electron chi connectivity index (χ0n) is 35.6. The molecule has 1 amide bonds. The number of unbranched alkanes of at least 4 members (excludes halogenated alkanes) is 26. The highest BCUT2D eigenvalue weighted by Gasteiger charge is 2.18. The van der Waals surface area contributed by atoms with E-state index < -0.39 is 12.0 Å². The maximum atomic E-state index is 12.8. The summed E-state index contributed by atoms with van der Waals surface area (Å²) in [5.74, 6) is -1.28. The van der Waals surface area contributed by atoms with Gasteiger partial charge in [0, 0.05) is 12.8 Å². The van der Waals surface area contributed by atoms with Gasteiger partial charge in [0.2, 0.25) is 5.91 Å². The number of ether oxygens (including phenoxy) is 1. The van der Waals surface area contributed by atoms with E-state index >= 15 is 0 Å². The maximum absolute atomic E-state index is 12.8. The van der Waals surface area contributed by atoms with Crippen LogP contribution in [-0.4, -0.2) is 41.6 Å². The largest absolute Gasteiger partial charge is 0.480 e. The van der Waals surface area contributed by atoms with Gasteiger partial charge in [-0.05, 0) is 70.4 Å². The van der Waals surface area contributed by atoms with E-state index in [1.165, 1.54) is 128 Å². The Labute approximate surface area is 333 Å². The van der Waals surface area contributed by atoms with Gasteiger partial charge in [0.1, 0.15) is 12.1 Å². The first-order valence-corrected chi connectivity index (χ1v) is 23.2. The van der Waals surface area contributed by atoms with Crippen LogP contribution in [0, 0.1) is 0 Å². The number of hydrogen-bond acceptors (Lipinski definition) is 5. The van der Waals surface area contributed by atoms with Crippen molar-refractivity contribution >= 4 is 17.8 Å². The van der Waals surface area contributed by atoms with Gasteiger partial charge in [0.15, 0.2) is 0 Å². The van der Waals surface area contributed by atoms with Gasteiger partial charge in [-0.1, -0.05) is 186 Å². The Morgan fingerprint density at radius 2 is 1.02 bits per heavy atom. The summed E-state index contributed by atoms with van der Waals surface area (Å²) >= 11 is 0. The Morgan fingerprint density at radius 3 is 1.52 bits per heavy atom.